The summed E-state index contributed by atoms with van der Waals surface area (Å²) in [7, 11) is 0. The molecule has 0 fully saturated rings. The second kappa shape index (κ2) is 5.66. The fourth-order valence-electron chi connectivity index (χ4n) is 1.42. The van der Waals surface area contributed by atoms with Crippen LogP contribution in [0.5, 0.6) is 0 Å². The number of thiazole rings is 1. The molecule has 8 heteroatoms. The molecule has 0 atom stereocenters. The van der Waals surface area contributed by atoms with E-state index in [1.54, 1.807) is 0 Å². The minimum atomic E-state index is -0.804. The number of hydrazine groups is 1. The Balaban J connectivity index is 2.23. The SMILES string of the molecule is Cc1nc(N(NC(=O)c2ccncc2)C(N)=O)sc1C. The molecule has 0 spiro atoms. The van der Waals surface area contributed by atoms with E-state index in [2.05, 4.69) is 15.4 Å². The van der Waals surface area contributed by atoms with Crippen molar-refractivity contribution in [2.24, 2.45) is 5.73 Å². The number of amides is 3. The van der Waals surface area contributed by atoms with Crippen molar-refractivity contribution < 1.29 is 9.59 Å². The molecule has 2 aromatic heterocycles. The number of rotatable bonds is 2. The summed E-state index contributed by atoms with van der Waals surface area (Å²) in [5.74, 6) is -0.461. The van der Waals surface area contributed by atoms with Crippen LogP contribution >= 0.6 is 11.3 Å². The van der Waals surface area contributed by atoms with E-state index >= 15 is 0 Å². The average molecular weight is 291 g/mol. The van der Waals surface area contributed by atoms with E-state index in [0.717, 1.165) is 15.6 Å². The molecule has 0 aromatic carbocycles. The first-order chi connectivity index (χ1) is 9.49. The zero-order valence-electron chi connectivity index (χ0n) is 11.0. The van der Waals surface area contributed by atoms with Crippen LogP contribution < -0.4 is 16.2 Å². The van der Waals surface area contributed by atoms with Gasteiger partial charge in [0.1, 0.15) is 0 Å². The maximum Gasteiger partial charge on any atom is 0.340 e. The molecule has 0 saturated heterocycles. The maximum atomic E-state index is 12.0. The molecule has 3 amide bonds. The van der Waals surface area contributed by atoms with E-state index in [9.17, 15) is 9.59 Å². The van der Waals surface area contributed by atoms with Crippen molar-refractivity contribution in [3.05, 3.63) is 40.7 Å². The largest absolute Gasteiger partial charge is 0.350 e. The number of nitrogens with zero attached hydrogens (tertiary/aromatic N) is 3. The molecule has 104 valence electrons. The lowest BCUT2D eigenvalue weighted by Crippen LogP contribution is -2.49. The van der Waals surface area contributed by atoms with Crippen LogP contribution in [0.25, 0.3) is 0 Å². The Morgan fingerprint density at radius 3 is 2.45 bits per heavy atom. The van der Waals surface area contributed by atoms with Crippen LogP contribution in [-0.4, -0.2) is 21.9 Å². The van der Waals surface area contributed by atoms with Gasteiger partial charge in [-0.2, -0.15) is 5.01 Å². The number of urea groups is 1. The minimum absolute atomic E-state index is 0.329. The second-order valence-corrected chi connectivity index (χ2v) is 5.17. The highest BCUT2D eigenvalue weighted by Crippen LogP contribution is 2.24. The Bertz CT molecular complexity index is 621. The molecule has 2 aromatic rings. The smallest absolute Gasteiger partial charge is 0.340 e. The van der Waals surface area contributed by atoms with Crippen molar-refractivity contribution in [1.82, 2.24) is 15.4 Å². The van der Waals surface area contributed by atoms with Crippen LogP contribution in [0, 0.1) is 13.8 Å². The summed E-state index contributed by atoms with van der Waals surface area (Å²) < 4.78 is 0. The number of nitrogens with two attached hydrogens (primary N) is 1. The first-order valence-electron chi connectivity index (χ1n) is 5.73. The Hall–Kier alpha value is -2.48. The number of pyridine rings is 1. The van der Waals surface area contributed by atoms with Crippen LogP contribution in [-0.2, 0) is 0 Å². The Morgan fingerprint density at radius 1 is 1.30 bits per heavy atom. The van der Waals surface area contributed by atoms with E-state index in [1.807, 2.05) is 13.8 Å². The van der Waals surface area contributed by atoms with Crippen molar-refractivity contribution in [3.8, 4) is 0 Å². The highest BCUT2D eigenvalue weighted by Gasteiger charge is 2.20. The normalized spacial score (nSPS) is 10.1. The summed E-state index contributed by atoms with van der Waals surface area (Å²) in [4.78, 5) is 32.5. The maximum absolute atomic E-state index is 12.0. The van der Waals surface area contributed by atoms with Crippen LogP contribution in [0.15, 0.2) is 24.5 Å². The summed E-state index contributed by atoms with van der Waals surface area (Å²) in [6.07, 6.45) is 2.97. The molecule has 0 radical (unpaired) electrons. The molecule has 0 aliphatic rings. The number of aromatic nitrogens is 2. The van der Waals surface area contributed by atoms with Gasteiger partial charge in [-0.05, 0) is 26.0 Å². The fraction of sp³-hybridized carbons (Fsp3) is 0.167. The molecule has 2 rings (SSSR count). The summed E-state index contributed by atoms with van der Waals surface area (Å²) in [5, 5.41) is 1.27. The van der Waals surface area contributed by atoms with Gasteiger partial charge in [0, 0.05) is 22.8 Å². The van der Waals surface area contributed by atoms with Gasteiger partial charge in [0.25, 0.3) is 5.91 Å². The first kappa shape index (κ1) is 13.9. The van der Waals surface area contributed by atoms with Gasteiger partial charge in [-0.1, -0.05) is 11.3 Å². The molecule has 0 saturated carbocycles. The van der Waals surface area contributed by atoms with Gasteiger partial charge < -0.3 is 5.73 Å². The Kier molecular flexibility index (Phi) is 3.94. The standard InChI is InChI=1S/C12H13N5O2S/c1-7-8(2)20-12(15-7)17(11(13)19)16-10(18)9-3-5-14-6-4-9/h3-6H,1-2H3,(H2,13,19)(H,16,18). The highest BCUT2D eigenvalue weighted by molar-refractivity contribution is 7.15. The third-order valence-corrected chi connectivity index (χ3v) is 3.64. The number of hydrogen-bond acceptors (Lipinski definition) is 5. The van der Waals surface area contributed by atoms with E-state index < -0.39 is 11.9 Å². The number of carbonyl (C=O) groups is 2. The number of nitrogens with one attached hydrogen (secondary N) is 1. The third-order valence-electron chi connectivity index (χ3n) is 2.58. The lowest BCUT2D eigenvalue weighted by molar-refractivity contribution is 0.0950. The molecule has 20 heavy (non-hydrogen) atoms. The predicted molar refractivity (Wildman–Crippen MR) is 75.4 cm³/mol. The van der Waals surface area contributed by atoms with Gasteiger partial charge in [0.05, 0.1) is 5.69 Å². The second-order valence-electron chi connectivity index (χ2n) is 3.99. The van der Waals surface area contributed by atoms with Crippen LogP contribution in [0.3, 0.4) is 0 Å². The predicted octanol–water partition coefficient (Wildman–Crippen LogP) is 1.39. The summed E-state index contributed by atoms with van der Waals surface area (Å²) in [5.41, 5.74) is 8.87. The lowest BCUT2D eigenvalue weighted by atomic mass is 10.3. The molecule has 2 heterocycles. The van der Waals surface area contributed by atoms with Gasteiger partial charge in [-0.15, -0.1) is 0 Å². The lowest BCUT2D eigenvalue weighted by Gasteiger charge is -2.17. The van der Waals surface area contributed by atoms with E-state index in [-0.39, 0.29) is 0 Å². The average Bonchev–Trinajstić information content (AvgIpc) is 2.76. The Morgan fingerprint density at radius 2 is 1.95 bits per heavy atom. The molecule has 0 unspecified atom stereocenters. The van der Waals surface area contributed by atoms with Crippen molar-refractivity contribution >= 4 is 28.4 Å². The molecule has 0 aliphatic heterocycles. The van der Waals surface area contributed by atoms with Crippen LogP contribution in [0.1, 0.15) is 20.9 Å². The fourth-order valence-corrected chi connectivity index (χ4v) is 2.29. The summed E-state index contributed by atoms with van der Waals surface area (Å²) in [6.45, 7) is 3.69. The first-order valence-corrected chi connectivity index (χ1v) is 6.55. The number of aryl methyl sites for hydroxylation is 2. The number of hydrogen-bond donors (Lipinski definition) is 2. The topological polar surface area (TPSA) is 101 Å². The summed E-state index contributed by atoms with van der Waals surface area (Å²) >= 11 is 1.27. The van der Waals surface area contributed by atoms with Crippen LogP contribution in [0.2, 0.25) is 0 Å². The number of carbonyl (C=O) groups excluding carboxylic acids is 2. The van der Waals surface area contributed by atoms with E-state index in [1.165, 1.54) is 35.9 Å². The monoisotopic (exact) mass is 291 g/mol. The summed E-state index contributed by atoms with van der Waals surface area (Å²) in [6, 6.07) is 2.26. The zero-order chi connectivity index (χ0) is 14.7. The highest BCUT2D eigenvalue weighted by atomic mass is 32.1. The molecule has 3 N–H and O–H groups in total. The zero-order valence-corrected chi connectivity index (χ0v) is 11.8. The van der Waals surface area contributed by atoms with Crippen LogP contribution in [0.4, 0.5) is 9.93 Å². The van der Waals surface area contributed by atoms with Gasteiger partial charge in [-0.25, -0.2) is 9.78 Å². The number of anilines is 1. The molecule has 0 aliphatic carbocycles. The van der Waals surface area contributed by atoms with Gasteiger partial charge >= 0.3 is 6.03 Å². The van der Waals surface area contributed by atoms with Gasteiger partial charge in [0.15, 0.2) is 0 Å². The molecular formula is C12H13N5O2S. The van der Waals surface area contributed by atoms with Crippen molar-refractivity contribution in [2.45, 2.75) is 13.8 Å². The molecular weight excluding hydrogens is 278 g/mol. The van der Waals surface area contributed by atoms with Crippen molar-refractivity contribution in [1.29, 1.82) is 0 Å². The van der Waals surface area contributed by atoms with E-state index in [4.69, 9.17) is 5.73 Å². The molecule has 0 bridgehead atoms. The molecule has 7 nitrogen and oxygen atoms in total. The van der Waals surface area contributed by atoms with Gasteiger partial charge in [-0.3, -0.25) is 15.2 Å². The minimum Gasteiger partial charge on any atom is -0.350 e. The number of primary amides is 1. The van der Waals surface area contributed by atoms with Crippen molar-refractivity contribution in [2.75, 3.05) is 5.01 Å². The third kappa shape index (κ3) is 2.91. The van der Waals surface area contributed by atoms with Gasteiger partial charge in [0.2, 0.25) is 5.13 Å². The van der Waals surface area contributed by atoms with E-state index in [0.29, 0.717) is 10.7 Å². The van der Waals surface area contributed by atoms with Crippen molar-refractivity contribution in [3.63, 3.8) is 0 Å². The quantitative estimate of drug-likeness (QED) is 0.816. The Labute approximate surface area is 119 Å².